The molecule has 1 nitrogen and oxygen atoms in total. The maximum absolute atomic E-state index is 12.8. The van der Waals surface area contributed by atoms with Crippen molar-refractivity contribution in [3.63, 3.8) is 0 Å². The largest absolute Gasteiger partial charge is 0.416 e. The summed E-state index contributed by atoms with van der Waals surface area (Å²) < 4.78 is 50.8. The molecule has 0 saturated heterocycles. The highest BCUT2D eigenvalue weighted by molar-refractivity contribution is 5.30. The van der Waals surface area contributed by atoms with Crippen molar-refractivity contribution in [1.82, 2.24) is 5.32 Å². The van der Waals surface area contributed by atoms with E-state index in [9.17, 15) is 17.6 Å². The van der Waals surface area contributed by atoms with Crippen LogP contribution in [0.5, 0.6) is 0 Å². The lowest BCUT2D eigenvalue weighted by Crippen LogP contribution is -2.35. The molecule has 0 fully saturated rings. The number of benzene rings is 1. The lowest BCUT2D eigenvalue weighted by atomic mass is 10.0. The van der Waals surface area contributed by atoms with Crippen molar-refractivity contribution >= 4 is 0 Å². The molecule has 0 bridgehead atoms. The van der Waals surface area contributed by atoms with Crippen LogP contribution in [0.25, 0.3) is 0 Å². The maximum atomic E-state index is 12.8. The minimum absolute atomic E-state index is 0.0498. The Bertz CT molecular complexity index is 390. The van der Waals surface area contributed by atoms with Crippen LogP contribution in [0.2, 0.25) is 0 Å². The number of rotatable bonds is 2. The molecule has 0 unspecified atom stereocenters. The highest BCUT2D eigenvalue weighted by atomic mass is 19.4. The first kappa shape index (κ1) is 14.0. The van der Waals surface area contributed by atoms with Gasteiger partial charge >= 0.3 is 6.18 Å². The molecule has 0 atom stereocenters. The molecule has 1 aromatic rings. The summed E-state index contributed by atoms with van der Waals surface area (Å²) in [5, 5.41) is 2.95. The van der Waals surface area contributed by atoms with Gasteiger partial charge in [0.1, 0.15) is 5.82 Å². The van der Waals surface area contributed by atoms with E-state index in [1.54, 1.807) is 0 Å². The molecular formula is C12H15F4N. The summed E-state index contributed by atoms with van der Waals surface area (Å²) in [5.41, 5.74) is -1.17. The number of hydrogen-bond acceptors (Lipinski definition) is 1. The van der Waals surface area contributed by atoms with Gasteiger partial charge < -0.3 is 5.32 Å². The molecule has 0 aliphatic rings. The lowest BCUT2D eigenvalue weighted by molar-refractivity contribution is -0.138. The van der Waals surface area contributed by atoms with Crippen molar-refractivity contribution in [2.45, 2.75) is 39.0 Å². The summed E-state index contributed by atoms with van der Waals surface area (Å²) in [7, 11) is 0. The fourth-order valence-electron chi connectivity index (χ4n) is 1.33. The SMILES string of the molecule is CC(C)(C)NCc1ccc(F)cc1C(F)(F)F. The summed E-state index contributed by atoms with van der Waals surface area (Å²) in [4.78, 5) is 0. The van der Waals surface area contributed by atoms with E-state index in [1.807, 2.05) is 20.8 Å². The van der Waals surface area contributed by atoms with Crippen LogP contribution in [0, 0.1) is 5.82 Å². The third-order valence-corrected chi connectivity index (χ3v) is 2.19. The predicted octanol–water partition coefficient (Wildman–Crippen LogP) is 3.73. The monoisotopic (exact) mass is 249 g/mol. The fraction of sp³-hybridized carbons (Fsp3) is 0.500. The molecule has 0 aliphatic heterocycles. The molecule has 1 rings (SSSR count). The van der Waals surface area contributed by atoms with Gasteiger partial charge in [-0.25, -0.2) is 4.39 Å². The summed E-state index contributed by atoms with van der Waals surface area (Å²) in [6.45, 7) is 5.61. The van der Waals surface area contributed by atoms with Crippen LogP contribution in [0.4, 0.5) is 17.6 Å². The van der Waals surface area contributed by atoms with Gasteiger partial charge in [-0.2, -0.15) is 13.2 Å². The molecule has 0 aromatic heterocycles. The van der Waals surface area contributed by atoms with E-state index in [4.69, 9.17) is 0 Å². The van der Waals surface area contributed by atoms with Crippen LogP contribution in [-0.2, 0) is 12.7 Å². The molecular weight excluding hydrogens is 234 g/mol. The van der Waals surface area contributed by atoms with Gasteiger partial charge in [0.15, 0.2) is 0 Å². The van der Waals surface area contributed by atoms with Gasteiger partial charge in [-0.1, -0.05) is 6.07 Å². The van der Waals surface area contributed by atoms with E-state index in [-0.39, 0.29) is 17.6 Å². The average Bonchev–Trinajstić information content (AvgIpc) is 2.13. The third-order valence-electron chi connectivity index (χ3n) is 2.19. The molecule has 0 amide bonds. The molecule has 0 heterocycles. The van der Waals surface area contributed by atoms with Crippen molar-refractivity contribution in [2.75, 3.05) is 0 Å². The molecule has 96 valence electrons. The smallest absolute Gasteiger partial charge is 0.308 e. The number of halogens is 4. The zero-order chi connectivity index (χ0) is 13.3. The highest BCUT2D eigenvalue weighted by Crippen LogP contribution is 2.32. The first-order valence-corrected chi connectivity index (χ1v) is 5.20. The minimum atomic E-state index is -4.53. The molecule has 5 heteroatoms. The second kappa shape index (κ2) is 4.64. The summed E-state index contributed by atoms with van der Waals surface area (Å²) in [6, 6.07) is 2.73. The maximum Gasteiger partial charge on any atom is 0.416 e. The number of alkyl halides is 3. The standard InChI is InChI=1S/C12H15F4N/c1-11(2,3)17-7-8-4-5-9(13)6-10(8)12(14,15)16/h4-6,17H,7H2,1-3H3. The van der Waals surface area contributed by atoms with Gasteiger partial charge in [0.2, 0.25) is 0 Å². The Hall–Kier alpha value is -1.10. The molecule has 0 saturated carbocycles. The Labute approximate surface area is 97.8 Å². The molecule has 1 aromatic carbocycles. The van der Waals surface area contributed by atoms with Crippen LogP contribution in [0.15, 0.2) is 18.2 Å². The Morgan fingerprint density at radius 1 is 1.12 bits per heavy atom. The van der Waals surface area contributed by atoms with Crippen molar-refractivity contribution in [1.29, 1.82) is 0 Å². The summed E-state index contributed by atoms with van der Waals surface area (Å²) in [5.74, 6) is -0.878. The van der Waals surface area contributed by atoms with Crippen LogP contribution in [0.1, 0.15) is 31.9 Å². The van der Waals surface area contributed by atoms with Crippen molar-refractivity contribution < 1.29 is 17.6 Å². The highest BCUT2D eigenvalue weighted by Gasteiger charge is 2.33. The van der Waals surface area contributed by atoms with Gasteiger partial charge in [-0.05, 0) is 38.5 Å². The number of hydrogen-bond donors (Lipinski definition) is 1. The molecule has 1 N–H and O–H groups in total. The van der Waals surface area contributed by atoms with E-state index in [0.29, 0.717) is 6.07 Å². The predicted molar refractivity (Wildman–Crippen MR) is 58.0 cm³/mol. The minimum Gasteiger partial charge on any atom is -0.308 e. The average molecular weight is 249 g/mol. The fourth-order valence-corrected chi connectivity index (χ4v) is 1.33. The van der Waals surface area contributed by atoms with E-state index in [1.165, 1.54) is 0 Å². The Balaban J connectivity index is 2.99. The molecule has 17 heavy (non-hydrogen) atoms. The van der Waals surface area contributed by atoms with Crippen molar-refractivity contribution in [3.05, 3.63) is 35.1 Å². The molecule has 0 radical (unpaired) electrons. The second-order valence-corrected chi connectivity index (χ2v) is 4.90. The van der Waals surface area contributed by atoms with Gasteiger partial charge in [-0.15, -0.1) is 0 Å². The molecule has 0 spiro atoms. The van der Waals surface area contributed by atoms with Gasteiger partial charge in [0.05, 0.1) is 5.56 Å². The second-order valence-electron chi connectivity index (χ2n) is 4.90. The number of nitrogens with one attached hydrogen (secondary N) is 1. The van der Waals surface area contributed by atoms with Gasteiger partial charge in [0, 0.05) is 12.1 Å². The molecule has 0 aliphatic carbocycles. The van der Waals surface area contributed by atoms with E-state index in [2.05, 4.69) is 5.32 Å². The van der Waals surface area contributed by atoms with Crippen LogP contribution < -0.4 is 5.32 Å². The van der Waals surface area contributed by atoms with Gasteiger partial charge in [-0.3, -0.25) is 0 Å². The first-order chi connectivity index (χ1) is 7.59. The zero-order valence-electron chi connectivity index (χ0n) is 9.95. The van der Waals surface area contributed by atoms with Crippen molar-refractivity contribution in [3.8, 4) is 0 Å². The normalized spacial score (nSPS) is 12.9. The quantitative estimate of drug-likeness (QED) is 0.787. The Morgan fingerprint density at radius 3 is 2.18 bits per heavy atom. The summed E-state index contributed by atoms with van der Waals surface area (Å²) >= 11 is 0. The van der Waals surface area contributed by atoms with Crippen molar-refractivity contribution in [2.24, 2.45) is 0 Å². The Kier molecular flexibility index (Phi) is 3.81. The topological polar surface area (TPSA) is 12.0 Å². The van der Waals surface area contributed by atoms with E-state index < -0.39 is 17.6 Å². The van der Waals surface area contributed by atoms with Crippen LogP contribution in [-0.4, -0.2) is 5.54 Å². The lowest BCUT2D eigenvalue weighted by Gasteiger charge is -2.22. The van der Waals surface area contributed by atoms with Crippen LogP contribution >= 0.6 is 0 Å². The van der Waals surface area contributed by atoms with E-state index >= 15 is 0 Å². The first-order valence-electron chi connectivity index (χ1n) is 5.20. The zero-order valence-corrected chi connectivity index (χ0v) is 9.95. The summed E-state index contributed by atoms with van der Waals surface area (Å²) in [6.07, 6.45) is -4.53. The van der Waals surface area contributed by atoms with Gasteiger partial charge in [0.25, 0.3) is 0 Å². The third kappa shape index (κ3) is 4.34. The van der Waals surface area contributed by atoms with Crippen LogP contribution in [0.3, 0.4) is 0 Å². The van der Waals surface area contributed by atoms with E-state index in [0.717, 1.165) is 12.1 Å². The Morgan fingerprint density at radius 2 is 1.71 bits per heavy atom.